The van der Waals surface area contributed by atoms with E-state index in [1.807, 2.05) is 24.3 Å². The molecule has 118 valence electrons. The Balaban J connectivity index is 1.82. The zero-order valence-electron chi connectivity index (χ0n) is 13.1. The number of carbonyl (C=O) groups excluding carboxylic acids is 2. The highest BCUT2D eigenvalue weighted by Gasteiger charge is 2.54. The van der Waals surface area contributed by atoms with Crippen molar-refractivity contribution >= 4 is 11.9 Å². The van der Waals surface area contributed by atoms with E-state index in [9.17, 15) is 9.59 Å². The highest BCUT2D eigenvalue weighted by Crippen LogP contribution is 2.38. The smallest absolute Gasteiger partial charge is 0.325 e. The summed E-state index contributed by atoms with van der Waals surface area (Å²) in [5.74, 6) is 0.839. The Kier molecular flexibility index (Phi) is 3.81. The predicted octanol–water partition coefficient (Wildman–Crippen LogP) is 2.70. The van der Waals surface area contributed by atoms with Crippen molar-refractivity contribution in [2.24, 2.45) is 5.92 Å². The molecule has 0 unspecified atom stereocenters. The minimum absolute atomic E-state index is 0.0764. The van der Waals surface area contributed by atoms with Crippen LogP contribution < -0.4 is 10.1 Å². The summed E-state index contributed by atoms with van der Waals surface area (Å²) in [6.07, 6.45) is 3.84. The molecule has 1 saturated carbocycles. The molecule has 5 heteroatoms. The maximum Gasteiger partial charge on any atom is 0.325 e. The van der Waals surface area contributed by atoms with Crippen LogP contribution in [0.4, 0.5) is 4.79 Å². The molecule has 1 aromatic carbocycles. The molecule has 0 aromatic heterocycles. The van der Waals surface area contributed by atoms with Gasteiger partial charge < -0.3 is 10.1 Å². The number of amides is 3. The number of methoxy groups -OCH3 is 1. The van der Waals surface area contributed by atoms with Crippen LogP contribution in [0.2, 0.25) is 0 Å². The van der Waals surface area contributed by atoms with Gasteiger partial charge in [-0.25, -0.2) is 4.79 Å². The highest BCUT2D eigenvalue weighted by molar-refractivity contribution is 6.07. The normalized spacial score (nSPS) is 28.1. The number of benzene rings is 1. The molecule has 1 N–H and O–H groups in total. The first-order valence-corrected chi connectivity index (χ1v) is 7.84. The SMILES string of the molecule is COc1cccc(CN2C(=O)N[C@]3(CCCC[C@@H]3C)C2=O)c1. The molecule has 1 spiro atoms. The lowest BCUT2D eigenvalue weighted by Gasteiger charge is -2.36. The van der Waals surface area contributed by atoms with E-state index in [1.54, 1.807) is 7.11 Å². The van der Waals surface area contributed by atoms with Crippen LogP contribution in [-0.4, -0.2) is 29.5 Å². The molecule has 2 fully saturated rings. The number of ether oxygens (including phenoxy) is 1. The van der Waals surface area contributed by atoms with Gasteiger partial charge >= 0.3 is 6.03 Å². The van der Waals surface area contributed by atoms with Gasteiger partial charge in [0.2, 0.25) is 0 Å². The highest BCUT2D eigenvalue weighted by atomic mass is 16.5. The molecule has 1 aliphatic heterocycles. The van der Waals surface area contributed by atoms with E-state index in [4.69, 9.17) is 4.74 Å². The Hall–Kier alpha value is -2.04. The Bertz CT molecular complexity index is 601. The second-order valence-corrected chi connectivity index (χ2v) is 6.29. The fraction of sp³-hybridized carbons (Fsp3) is 0.529. The molecule has 3 amide bonds. The average molecular weight is 302 g/mol. The summed E-state index contributed by atoms with van der Waals surface area (Å²) in [7, 11) is 1.60. The van der Waals surface area contributed by atoms with Crippen LogP contribution in [0, 0.1) is 5.92 Å². The third-order valence-electron chi connectivity index (χ3n) is 4.98. The third kappa shape index (κ3) is 2.34. The first-order valence-electron chi connectivity index (χ1n) is 7.84. The average Bonchev–Trinajstić information content (AvgIpc) is 2.76. The van der Waals surface area contributed by atoms with Crippen molar-refractivity contribution < 1.29 is 14.3 Å². The molecule has 2 aliphatic rings. The zero-order valence-corrected chi connectivity index (χ0v) is 13.1. The topological polar surface area (TPSA) is 58.6 Å². The van der Waals surface area contributed by atoms with E-state index in [1.165, 1.54) is 4.90 Å². The Labute approximate surface area is 130 Å². The van der Waals surface area contributed by atoms with Crippen LogP contribution in [0.1, 0.15) is 38.2 Å². The fourth-order valence-electron chi connectivity index (χ4n) is 3.59. The van der Waals surface area contributed by atoms with Crippen molar-refractivity contribution in [1.29, 1.82) is 0 Å². The van der Waals surface area contributed by atoms with Crippen LogP contribution in [-0.2, 0) is 11.3 Å². The van der Waals surface area contributed by atoms with Gasteiger partial charge in [0, 0.05) is 0 Å². The number of hydrogen-bond acceptors (Lipinski definition) is 3. The monoisotopic (exact) mass is 302 g/mol. The van der Waals surface area contributed by atoms with Crippen molar-refractivity contribution in [3.63, 3.8) is 0 Å². The van der Waals surface area contributed by atoms with Crippen LogP contribution in [0.3, 0.4) is 0 Å². The first kappa shape index (κ1) is 14.9. The van der Waals surface area contributed by atoms with Gasteiger partial charge in [-0.05, 0) is 36.5 Å². The van der Waals surface area contributed by atoms with E-state index in [0.717, 1.165) is 37.0 Å². The molecular weight excluding hydrogens is 280 g/mol. The quantitative estimate of drug-likeness (QED) is 0.873. The molecule has 0 bridgehead atoms. The van der Waals surface area contributed by atoms with Crippen LogP contribution in [0.25, 0.3) is 0 Å². The number of nitrogens with zero attached hydrogens (tertiary/aromatic N) is 1. The Morgan fingerprint density at radius 1 is 1.36 bits per heavy atom. The van der Waals surface area contributed by atoms with E-state index >= 15 is 0 Å². The fourth-order valence-corrected chi connectivity index (χ4v) is 3.59. The summed E-state index contributed by atoms with van der Waals surface area (Å²) in [5, 5.41) is 2.97. The molecule has 3 rings (SSSR count). The molecule has 1 aliphatic carbocycles. The van der Waals surface area contributed by atoms with Crippen LogP contribution in [0.5, 0.6) is 5.75 Å². The minimum Gasteiger partial charge on any atom is -0.497 e. The molecule has 1 heterocycles. The second kappa shape index (κ2) is 5.63. The van der Waals surface area contributed by atoms with Crippen molar-refractivity contribution in [1.82, 2.24) is 10.2 Å². The summed E-state index contributed by atoms with van der Waals surface area (Å²) >= 11 is 0. The van der Waals surface area contributed by atoms with Crippen molar-refractivity contribution in [3.05, 3.63) is 29.8 Å². The number of carbonyl (C=O) groups is 2. The third-order valence-corrected chi connectivity index (χ3v) is 4.98. The summed E-state index contributed by atoms with van der Waals surface area (Å²) < 4.78 is 5.20. The summed E-state index contributed by atoms with van der Waals surface area (Å²) in [5.41, 5.74) is 0.206. The Morgan fingerprint density at radius 3 is 2.91 bits per heavy atom. The van der Waals surface area contributed by atoms with Gasteiger partial charge in [-0.3, -0.25) is 9.69 Å². The molecule has 22 heavy (non-hydrogen) atoms. The predicted molar refractivity (Wildman–Crippen MR) is 82.4 cm³/mol. The van der Waals surface area contributed by atoms with E-state index in [-0.39, 0.29) is 24.4 Å². The molecule has 1 aromatic rings. The first-order chi connectivity index (χ1) is 10.6. The van der Waals surface area contributed by atoms with E-state index < -0.39 is 5.54 Å². The maximum atomic E-state index is 12.9. The summed E-state index contributed by atoms with van der Waals surface area (Å²) in [4.78, 5) is 26.5. The lowest BCUT2D eigenvalue weighted by atomic mass is 9.73. The zero-order chi connectivity index (χ0) is 15.7. The number of urea groups is 1. The largest absolute Gasteiger partial charge is 0.497 e. The lowest BCUT2D eigenvalue weighted by molar-refractivity contribution is -0.134. The molecule has 0 radical (unpaired) electrons. The van der Waals surface area contributed by atoms with Crippen molar-refractivity contribution in [2.75, 3.05) is 7.11 Å². The minimum atomic E-state index is -0.686. The summed E-state index contributed by atoms with van der Waals surface area (Å²) in [6.45, 7) is 2.35. The van der Waals surface area contributed by atoms with E-state index in [2.05, 4.69) is 12.2 Å². The molecular formula is C17H22N2O3. The van der Waals surface area contributed by atoms with Crippen LogP contribution >= 0.6 is 0 Å². The number of nitrogens with one attached hydrogen (secondary N) is 1. The van der Waals surface area contributed by atoms with Gasteiger partial charge in [0.15, 0.2) is 0 Å². The van der Waals surface area contributed by atoms with E-state index in [0.29, 0.717) is 0 Å². The lowest BCUT2D eigenvalue weighted by Crippen LogP contribution is -2.53. The second-order valence-electron chi connectivity index (χ2n) is 6.29. The number of imide groups is 1. The van der Waals surface area contributed by atoms with Gasteiger partial charge in [0.1, 0.15) is 11.3 Å². The van der Waals surface area contributed by atoms with Crippen LogP contribution in [0.15, 0.2) is 24.3 Å². The molecule has 1 saturated heterocycles. The Morgan fingerprint density at radius 2 is 2.18 bits per heavy atom. The van der Waals surface area contributed by atoms with Gasteiger partial charge in [-0.15, -0.1) is 0 Å². The number of rotatable bonds is 3. The maximum absolute atomic E-state index is 12.9. The standard InChI is InChI=1S/C17H22N2O3/c1-12-6-3-4-9-17(12)15(20)19(16(21)18-17)11-13-7-5-8-14(10-13)22-2/h5,7-8,10,12H,3-4,6,9,11H2,1-2H3,(H,18,21)/t12-,17-/m0/s1. The molecule has 5 nitrogen and oxygen atoms in total. The van der Waals surface area contributed by atoms with Gasteiger partial charge in [0.25, 0.3) is 5.91 Å². The summed E-state index contributed by atoms with van der Waals surface area (Å²) in [6, 6.07) is 7.20. The van der Waals surface area contributed by atoms with Crippen molar-refractivity contribution in [2.45, 2.75) is 44.7 Å². The van der Waals surface area contributed by atoms with Gasteiger partial charge in [-0.2, -0.15) is 0 Å². The number of hydrogen-bond donors (Lipinski definition) is 1. The molecule has 2 atom stereocenters. The van der Waals surface area contributed by atoms with Gasteiger partial charge in [0.05, 0.1) is 13.7 Å². The van der Waals surface area contributed by atoms with Crippen molar-refractivity contribution in [3.8, 4) is 5.75 Å². The van der Waals surface area contributed by atoms with Gasteiger partial charge in [-0.1, -0.05) is 31.9 Å².